The van der Waals surface area contributed by atoms with E-state index in [1.54, 1.807) is 24.3 Å². The van der Waals surface area contributed by atoms with Gasteiger partial charge < -0.3 is 0 Å². The van der Waals surface area contributed by atoms with Gasteiger partial charge in [0.05, 0.1) is 10.6 Å². The highest BCUT2D eigenvalue weighted by atomic mass is 79.9. The maximum absolute atomic E-state index is 12.7. The lowest BCUT2D eigenvalue weighted by Crippen LogP contribution is -2.54. The number of nitro groups is 1. The normalized spacial score (nSPS) is 16.0. The maximum Gasteiger partial charge on any atom is 0.335 e. The molecule has 4 amide bonds. The smallest absolute Gasteiger partial charge is 0.273 e. The highest BCUT2D eigenvalue weighted by Crippen LogP contribution is 2.24. The zero-order valence-corrected chi connectivity index (χ0v) is 14.6. The van der Waals surface area contributed by atoms with Crippen LogP contribution in [0, 0.1) is 10.1 Å². The Kier molecular flexibility index (Phi) is 4.63. The summed E-state index contributed by atoms with van der Waals surface area (Å²) in [5.41, 5.74) is 0.322. The van der Waals surface area contributed by atoms with Crippen LogP contribution in [-0.4, -0.2) is 22.8 Å². The first kappa shape index (κ1) is 17.5. The Hall–Kier alpha value is -3.33. The van der Waals surface area contributed by atoms with Gasteiger partial charge in [0.25, 0.3) is 17.5 Å². The number of rotatable bonds is 3. The van der Waals surface area contributed by atoms with E-state index in [0.717, 1.165) is 9.37 Å². The molecule has 1 aliphatic rings. The van der Waals surface area contributed by atoms with Crippen LogP contribution in [0.25, 0.3) is 6.08 Å². The van der Waals surface area contributed by atoms with Crippen LogP contribution in [0.2, 0.25) is 0 Å². The van der Waals surface area contributed by atoms with Crippen LogP contribution in [0.5, 0.6) is 0 Å². The highest BCUT2D eigenvalue weighted by Gasteiger charge is 2.36. The molecule has 0 aromatic heterocycles. The molecule has 0 radical (unpaired) electrons. The number of nitrogens with zero attached hydrogens (tertiary/aromatic N) is 2. The van der Waals surface area contributed by atoms with E-state index in [9.17, 15) is 24.5 Å². The van der Waals surface area contributed by atoms with Gasteiger partial charge in [-0.15, -0.1) is 0 Å². The first-order valence-electron chi connectivity index (χ1n) is 7.28. The molecule has 1 N–H and O–H groups in total. The van der Waals surface area contributed by atoms with Crippen molar-refractivity contribution in [2.45, 2.75) is 0 Å². The van der Waals surface area contributed by atoms with Crippen molar-refractivity contribution in [3.8, 4) is 0 Å². The molecule has 8 nitrogen and oxygen atoms in total. The molecule has 0 bridgehead atoms. The Labute approximate surface area is 155 Å². The van der Waals surface area contributed by atoms with E-state index in [0.29, 0.717) is 5.56 Å². The van der Waals surface area contributed by atoms with Gasteiger partial charge in [0.1, 0.15) is 5.57 Å². The fourth-order valence-corrected chi connectivity index (χ4v) is 2.61. The quantitative estimate of drug-likeness (QED) is 0.358. The molecule has 0 spiro atoms. The molecule has 3 rings (SSSR count). The Morgan fingerprint density at radius 1 is 1.00 bits per heavy atom. The predicted octanol–water partition coefficient (Wildman–Crippen LogP) is 3.02. The van der Waals surface area contributed by atoms with Gasteiger partial charge in [-0.05, 0) is 35.9 Å². The highest BCUT2D eigenvalue weighted by molar-refractivity contribution is 9.10. The minimum Gasteiger partial charge on any atom is -0.273 e. The molecule has 0 aliphatic carbocycles. The fourth-order valence-electron chi connectivity index (χ4n) is 2.34. The molecule has 26 heavy (non-hydrogen) atoms. The van der Waals surface area contributed by atoms with Gasteiger partial charge in [-0.1, -0.05) is 28.1 Å². The van der Waals surface area contributed by atoms with E-state index in [4.69, 9.17) is 0 Å². The number of carbonyl (C=O) groups is 3. The third kappa shape index (κ3) is 3.38. The van der Waals surface area contributed by atoms with Crippen molar-refractivity contribution in [2.24, 2.45) is 0 Å². The van der Waals surface area contributed by atoms with Crippen LogP contribution >= 0.6 is 15.9 Å². The molecule has 0 atom stereocenters. The third-order valence-corrected chi connectivity index (χ3v) is 4.13. The summed E-state index contributed by atoms with van der Waals surface area (Å²) in [6, 6.07) is 10.9. The summed E-state index contributed by atoms with van der Waals surface area (Å²) in [5.74, 6) is -1.61. The number of imide groups is 2. The van der Waals surface area contributed by atoms with Crippen LogP contribution in [0.15, 0.2) is 58.6 Å². The molecule has 1 saturated heterocycles. The fraction of sp³-hybridized carbons (Fsp3) is 0. The lowest BCUT2D eigenvalue weighted by Gasteiger charge is -2.26. The molecule has 2 aromatic rings. The lowest BCUT2D eigenvalue weighted by atomic mass is 10.1. The zero-order valence-electron chi connectivity index (χ0n) is 13.0. The van der Waals surface area contributed by atoms with E-state index < -0.39 is 22.8 Å². The molecule has 9 heteroatoms. The van der Waals surface area contributed by atoms with Crippen LogP contribution < -0.4 is 10.2 Å². The van der Waals surface area contributed by atoms with Gasteiger partial charge in [-0.3, -0.25) is 25.0 Å². The van der Waals surface area contributed by atoms with Crippen molar-refractivity contribution in [1.29, 1.82) is 0 Å². The van der Waals surface area contributed by atoms with Gasteiger partial charge >= 0.3 is 6.03 Å². The van der Waals surface area contributed by atoms with Gasteiger partial charge in [-0.2, -0.15) is 0 Å². The standard InChI is InChI=1S/C17H10BrN3O5/c18-11-3-1-10(2-4-11)9-14-15(22)19-17(24)20(16(14)23)12-5-7-13(8-6-12)21(25)26/h1-9H,(H,19,22,24). The summed E-state index contributed by atoms with van der Waals surface area (Å²) in [6.45, 7) is 0. The molecule has 1 aliphatic heterocycles. The molecular formula is C17H10BrN3O5. The van der Waals surface area contributed by atoms with Crippen LogP contribution in [-0.2, 0) is 9.59 Å². The number of carbonyl (C=O) groups excluding carboxylic acids is 3. The van der Waals surface area contributed by atoms with Crippen molar-refractivity contribution >= 4 is 51.2 Å². The van der Waals surface area contributed by atoms with Crippen LogP contribution in [0.3, 0.4) is 0 Å². The van der Waals surface area contributed by atoms with Crippen molar-refractivity contribution in [3.63, 3.8) is 0 Å². The summed E-state index contributed by atoms with van der Waals surface area (Å²) >= 11 is 3.29. The minimum absolute atomic E-state index is 0.118. The molecule has 1 fully saturated rings. The zero-order chi connectivity index (χ0) is 18.8. The molecule has 0 unspecified atom stereocenters. The van der Waals surface area contributed by atoms with Gasteiger partial charge in [0.15, 0.2) is 0 Å². The van der Waals surface area contributed by atoms with Gasteiger partial charge in [0, 0.05) is 16.6 Å². The molecule has 130 valence electrons. The average molecular weight is 416 g/mol. The van der Waals surface area contributed by atoms with Crippen molar-refractivity contribution in [2.75, 3.05) is 4.90 Å². The monoisotopic (exact) mass is 415 g/mol. The number of nitro benzene ring substituents is 1. The summed E-state index contributed by atoms with van der Waals surface area (Å²) in [6.07, 6.45) is 1.37. The first-order valence-corrected chi connectivity index (χ1v) is 8.07. The minimum atomic E-state index is -0.915. The lowest BCUT2D eigenvalue weighted by molar-refractivity contribution is -0.384. The summed E-state index contributed by atoms with van der Waals surface area (Å²) in [5, 5.41) is 12.8. The Morgan fingerprint density at radius 2 is 1.62 bits per heavy atom. The van der Waals surface area contributed by atoms with E-state index >= 15 is 0 Å². The Balaban J connectivity index is 1.97. The second kappa shape index (κ2) is 6.89. The average Bonchev–Trinajstić information content (AvgIpc) is 2.60. The van der Waals surface area contributed by atoms with Crippen molar-refractivity contribution in [1.82, 2.24) is 5.32 Å². The Morgan fingerprint density at radius 3 is 2.19 bits per heavy atom. The number of hydrogen-bond acceptors (Lipinski definition) is 5. The van der Waals surface area contributed by atoms with Crippen molar-refractivity contribution in [3.05, 3.63) is 74.3 Å². The number of urea groups is 1. The molecule has 0 saturated carbocycles. The second-order valence-corrected chi connectivity index (χ2v) is 6.20. The number of hydrogen-bond donors (Lipinski definition) is 1. The molecule has 2 aromatic carbocycles. The van der Waals surface area contributed by atoms with Gasteiger partial charge in [0.2, 0.25) is 0 Å². The predicted molar refractivity (Wildman–Crippen MR) is 96.2 cm³/mol. The van der Waals surface area contributed by atoms with Crippen molar-refractivity contribution < 1.29 is 19.3 Å². The first-order chi connectivity index (χ1) is 12.4. The Bertz CT molecular complexity index is 951. The number of barbiturate groups is 1. The van der Waals surface area contributed by atoms with Gasteiger partial charge in [-0.25, -0.2) is 9.69 Å². The summed E-state index contributed by atoms with van der Waals surface area (Å²) in [7, 11) is 0. The van der Waals surface area contributed by atoms with E-state index in [-0.39, 0.29) is 16.9 Å². The number of amides is 4. The van der Waals surface area contributed by atoms with Crippen LogP contribution in [0.4, 0.5) is 16.2 Å². The van der Waals surface area contributed by atoms with E-state index in [1.165, 1.54) is 30.3 Å². The van der Waals surface area contributed by atoms with E-state index in [1.807, 2.05) is 0 Å². The topological polar surface area (TPSA) is 110 Å². The number of non-ortho nitro benzene ring substituents is 1. The number of halogens is 1. The SMILES string of the molecule is O=C1NC(=O)N(c2ccc([N+](=O)[O-])cc2)C(=O)C1=Cc1ccc(Br)cc1. The third-order valence-electron chi connectivity index (χ3n) is 3.60. The maximum atomic E-state index is 12.7. The summed E-state index contributed by atoms with van der Waals surface area (Å²) in [4.78, 5) is 47.7. The van der Waals surface area contributed by atoms with E-state index in [2.05, 4.69) is 21.2 Å². The largest absolute Gasteiger partial charge is 0.335 e. The van der Waals surface area contributed by atoms with Crippen LogP contribution in [0.1, 0.15) is 5.56 Å². The molecular weight excluding hydrogens is 406 g/mol. The second-order valence-electron chi connectivity index (χ2n) is 5.28. The number of benzene rings is 2. The number of anilines is 1. The number of nitrogens with one attached hydrogen (secondary N) is 1. The summed E-state index contributed by atoms with van der Waals surface area (Å²) < 4.78 is 0.835. The molecule has 1 heterocycles.